The third kappa shape index (κ3) is 3.29. The minimum atomic E-state index is 0.753. The molecule has 0 unspecified atom stereocenters. The van der Waals surface area contributed by atoms with Crippen LogP contribution in [0.5, 0.6) is 0 Å². The first-order chi connectivity index (χ1) is 10.3. The van der Waals surface area contributed by atoms with E-state index in [1.165, 1.54) is 34.2 Å². The summed E-state index contributed by atoms with van der Waals surface area (Å²) >= 11 is 7.01. The molecule has 21 heavy (non-hydrogen) atoms. The molecule has 0 amide bonds. The Hall–Kier alpha value is -0.951. The van der Waals surface area contributed by atoms with Crippen LogP contribution in [0.15, 0.2) is 42.5 Å². The van der Waals surface area contributed by atoms with E-state index in [-0.39, 0.29) is 0 Å². The van der Waals surface area contributed by atoms with Crippen molar-refractivity contribution in [3.63, 3.8) is 0 Å². The summed E-state index contributed by atoms with van der Waals surface area (Å²) in [5.74, 6) is 2.31. The zero-order valence-electron chi connectivity index (χ0n) is 12.3. The van der Waals surface area contributed by atoms with E-state index in [0.29, 0.717) is 0 Å². The molecule has 0 fully saturated rings. The van der Waals surface area contributed by atoms with Crippen molar-refractivity contribution in [2.45, 2.75) is 30.4 Å². The fourth-order valence-corrected chi connectivity index (χ4v) is 4.04. The van der Waals surface area contributed by atoms with Crippen molar-refractivity contribution in [2.75, 3.05) is 11.4 Å². The van der Waals surface area contributed by atoms with Crippen LogP contribution >= 0.6 is 11.6 Å². The molecule has 0 saturated heterocycles. The van der Waals surface area contributed by atoms with Gasteiger partial charge in [-0.05, 0) is 0 Å². The normalized spacial score (nSPS) is 13.5. The fraction of sp³-hybridized carbons (Fsp3) is 0.333. The van der Waals surface area contributed by atoms with E-state index in [9.17, 15) is 0 Å². The number of nitrogens with zero attached hydrogens (tertiary/aromatic N) is 1. The van der Waals surface area contributed by atoms with Crippen LogP contribution in [0.25, 0.3) is 0 Å². The Morgan fingerprint density at radius 2 is 1.81 bits per heavy atom. The van der Waals surface area contributed by atoms with E-state index >= 15 is 0 Å². The van der Waals surface area contributed by atoms with Crippen molar-refractivity contribution >= 4 is 37.9 Å². The van der Waals surface area contributed by atoms with Gasteiger partial charge in [-0.1, -0.05) is 0 Å². The molecule has 110 valence electrons. The molecule has 0 aliphatic carbocycles. The molecule has 0 N–H and O–H groups in total. The molecule has 0 radical (unpaired) electrons. The van der Waals surface area contributed by atoms with E-state index in [1.807, 2.05) is 6.07 Å². The first-order valence-electron chi connectivity index (χ1n) is 7.42. The van der Waals surface area contributed by atoms with E-state index < -0.39 is 0 Å². The van der Waals surface area contributed by atoms with Crippen molar-refractivity contribution < 1.29 is 0 Å². The van der Waals surface area contributed by atoms with Gasteiger partial charge in [-0.2, -0.15) is 0 Å². The molecule has 0 saturated carbocycles. The molecule has 0 bridgehead atoms. The Balaban J connectivity index is 2.03. The standard InChI is InChI=1S/C18H20ClNSe/c1-21-12-4-11-20-17-6-3-2-5-14(17)7-8-15-9-10-16(19)13-18(15)20/h2-3,5-6,9-10,13H,4,7-8,11-12H2,1H3. The van der Waals surface area contributed by atoms with Crippen LogP contribution in [-0.2, 0) is 12.8 Å². The predicted molar refractivity (Wildman–Crippen MR) is 93.4 cm³/mol. The van der Waals surface area contributed by atoms with Gasteiger partial charge in [-0.15, -0.1) is 0 Å². The van der Waals surface area contributed by atoms with Gasteiger partial charge in [0.15, 0.2) is 0 Å². The molecule has 0 atom stereocenters. The molecule has 0 spiro atoms. The van der Waals surface area contributed by atoms with Gasteiger partial charge >= 0.3 is 138 Å². The second-order valence-corrected chi connectivity index (χ2v) is 7.90. The zero-order chi connectivity index (χ0) is 14.7. The summed E-state index contributed by atoms with van der Waals surface area (Å²) in [5.41, 5.74) is 5.53. The number of anilines is 2. The van der Waals surface area contributed by atoms with Gasteiger partial charge in [0.2, 0.25) is 0 Å². The maximum atomic E-state index is 6.26. The quantitative estimate of drug-likeness (QED) is 0.536. The summed E-state index contributed by atoms with van der Waals surface area (Å²) in [6.07, 6.45) is 3.45. The number of fused-ring (bicyclic) bond motifs is 2. The Morgan fingerprint density at radius 3 is 2.62 bits per heavy atom. The van der Waals surface area contributed by atoms with Crippen LogP contribution in [0, 0.1) is 0 Å². The van der Waals surface area contributed by atoms with Gasteiger partial charge < -0.3 is 0 Å². The van der Waals surface area contributed by atoms with Gasteiger partial charge in [0, 0.05) is 0 Å². The topological polar surface area (TPSA) is 3.24 Å². The third-order valence-electron chi connectivity index (χ3n) is 4.01. The Kier molecular flexibility index (Phi) is 4.90. The Bertz CT molecular complexity index is 626. The number of halogens is 1. The van der Waals surface area contributed by atoms with Crippen molar-refractivity contribution in [1.82, 2.24) is 0 Å². The summed E-state index contributed by atoms with van der Waals surface area (Å²) in [6, 6.07) is 15.2. The average molecular weight is 365 g/mol. The molecule has 1 aliphatic rings. The summed E-state index contributed by atoms with van der Waals surface area (Å²) in [4.78, 5) is 2.48. The number of hydrogen-bond acceptors (Lipinski definition) is 1. The number of aryl methyl sites for hydroxylation is 2. The summed E-state index contributed by atoms with van der Waals surface area (Å²) in [7, 11) is 0. The van der Waals surface area contributed by atoms with Crippen LogP contribution in [0.1, 0.15) is 17.5 Å². The zero-order valence-corrected chi connectivity index (χ0v) is 14.8. The molecule has 3 heteroatoms. The van der Waals surface area contributed by atoms with Crippen LogP contribution in [0.4, 0.5) is 11.4 Å². The fourth-order valence-electron chi connectivity index (χ4n) is 2.99. The minimum absolute atomic E-state index is 0.753. The number of rotatable bonds is 4. The molecule has 3 rings (SSSR count). The van der Waals surface area contributed by atoms with Crippen molar-refractivity contribution in [3.05, 3.63) is 58.6 Å². The Labute approximate surface area is 138 Å². The molecule has 2 aromatic carbocycles. The van der Waals surface area contributed by atoms with E-state index in [1.54, 1.807) is 0 Å². The van der Waals surface area contributed by atoms with Crippen molar-refractivity contribution in [1.29, 1.82) is 0 Å². The summed E-state index contributed by atoms with van der Waals surface area (Å²) in [6.45, 7) is 1.08. The summed E-state index contributed by atoms with van der Waals surface area (Å²) in [5, 5.41) is 2.17. The SMILES string of the molecule is C[Se]CCCN1c2ccccc2CCc2ccc(Cl)cc21. The van der Waals surface area contributed by atoms with Crippen LogP contribution < -0.4 is 4.90 Å². The van der Waals surface area contributed by atoms with Gasteiger partial charge in [0.1, 0.15) is 0 Å². The molecule has 2 aromatic rings. The predicted octanol–water partition coefficient (Wildman–Crippen LogP) is 5.14. The first kappa shape index (κ1) is 15.0. The Morgan fingerprint density at radius 1 is 1.05 bits per heavy atom. The van der Waals surface area contributed by atoms with Gasteiger partial charge in [-0.3, -0.25) is 0 Å². The molecular weight excluding hydrogens is 345 g/mol. The number of benzene rings is 2. The maximum absolute atomic E-state index is 6.26. The van der Waals surface area contributed by atoms with Crippen LogP contribution in [-0.4, -0.2) is 21.5 Å². The molecule has 1 aliphatic heterocycles. The molecule has 1 nitrogen and oxygen atoms in total. The van der Waals surface area contributed by atoms with Crippen LogP contribution in [0.3, 0.4) is 0 Å². The summed E-state index contributed by atoms with van der Waals surface area (Å²) < 4.78 is 0. The van der Waals surface area contributed by atoms with Crippen molar-refractivity contribution in [2.24, 2.45) is 0 Å². The third-order valence-corrected chi connectivity index (χ3v) is 5.71. The van der Waals surface area contributed by atoms with E-state index in [2.05, 4.69) is 47.1 Å². The van der Waals surface area contributed by atoms with E-state index in [4.69, 9.17) is 11.6 Å². The van der Waals surface area contributed by atoms with Crippen LogP contribution in [0.2, 0.25) is 16.2 Å². The second kappa shape index (κ2) is 6.87. The monoisotopic (exact) mass is 365 g/mol. The second-order valence-electron chi connectivity index (χ2n) is 5.40. The van der Waals surface area contributed by atoms with E-state index in [0.717, 1.165) is 39.4 Å². The average Bonchev–Trinajstić information content (AvgIpc) is 2.65. The number of para-hydroxylation sites is 1. The van der Waals surface area contributed by atoms with Gasteiger partial charge in [0.25, 0.3) is 0 Å². The first-order valence-corrected chi connectivity index (χ1v) is 10.7. The van der Waals surface area contributed by atoms with Gasteiger partial charge in [0.05, 0.1) is 0 Å². The molecule has 1 heterocycles. The number of hydrogen-bond donors (Lipinski definition) is 0. The van der Waals surface area contributed by atoms with Crippen molar-refractivity contribution in [3.8, 4) is 0 Å². The van der Waals surface area contributed by atoms with Gasteiger partial charge in [-0.25, -0.2) is 0 Å². The molecular formula is C18H20ClNSe. The molecule has 0 aromatic heterocycles.